The second-order valence-electron chi connectivity index (χ2n) is 5.48. The Bertz CT molecular complexity index is 1000. The van der Waals surface area contributed by atoms with Crippen LogP contribution in [0.2, 0.25) is 0 Å². The molecule has 2 rings (SSSR count). The van der Waals surface area contributed by atoms with Crippen molar-refractivity contribution in [2.75, 3.05) is 13.2 Å². The maximum atomic E-state index is 11.9. The van der Waals surface area contributed by atoms with Gasteiger partial charge in [0.1, 0.15) is 17.0 Å². The Morgan fingerprint density at radius 2 is 1.33 bits per heavy atom. The van der Waals surface area contributed by atoms with Crippen molar-refractivity contribution in [3.05, 3.63) is 64.0 Å². The molecule has 0 saturated carbocycles. The number of rotatable bonds is 7. The zero-order chi connectivity index (χ0) is 24.4. The smallest absolute Gasteiger partial charge is 0.326 e. The molecule has 0 amide bonds. The van der Waals surface area contributed by atoms with Crippen LogP contribution in [0.5, 0.6) is 0 Å². The third-order valence-corrected chi connectivity index (χ3v) is 5.78. The van der Waals surface area contributed by atoms with E-state index in [1.807, 2.05) is 0 Å². The Morgan fingerprint density at radius 1 is 0.909 bits per heavy atom. The van der Waals surface area contributed by atoms with E-state index in [1.54, 1.807) is 13.8 Å². The molecule has 0 N–H and O–H groups in total. The first kappa shape index (κ1) is 30.5. The van der Waals surface area contributed by atoms with Crippen molar-refractivity contribution in [1.29, 1.82) is 0 Å². The molecule has 0 aliphatic carbocycles. The number of aromatic nitrogens is 2. The Kier molecular flexibility index (Phi) is 13.5. The summed E-state index contributed by atoms with van der Waals surface area (Å²) in [6.45, 7) is 3.36. The van der Waals surface area contributed by atoms with Crippen molar-refractivity contribution in [1.82, 2.24) is 9.97 Å². The first-order chi connectivity index (χ1) is 15.0. The van der Waals surface area contributed by atoms with Crippen LogP contribution in [-0.4, -0.2) is 45.0 Å². The summed E-state index contributed by atoms with van der Waals surface area (Å²) in [5.41, 5.74) is -0.283. The van der Waals surface area contributed by atoms with Crippen LogP contribution in [0.25, 0.3) is 0 Å². The Morgan fingerprint density at radius 3 is 1.70 bits per heavy atom. The number of halogens is 3. The van der Waals surface area contributed by atoms with Crippen LogP contribution in [0.4, 0.5) is 11.4 Å². The van der Waals surface area contributed by atoms with Gasteiger partial charge in [0, 0.05) is 16.6 Å². The molecule has 0 bridgehead atoms. The van der Waals surface area contributed by atoms with Gasteiger partial charge in [0.05, 0.1) is 33.2 Å². The van der Waals surface area contributed by atoms with E-state index < -0.39 is 27.7 Å². The lowest BCUT2D eigenvalue weighted by molar-refractivity contribution is -0.385. The molecule has 12 nitrogen and oxygen atoms in total. The van der Waals surface area contributed by atoms with Crippen LogP contribution in [0.15, 0.2) is 38.1 Å². The number of esters is 2. The monoisotopic (exact) mass is 656 g/mol. The lowest BCUT2D eigenvalue weighted by atomic mass is 10.1. The molecular formula is C18H19Br3N4O8. The molecule has 0 spiro atoms. The number of nitro groups is 2. The molecule has 0 aliphatic heterocycles. The first-order valence-corrected chi connectivity index (χ1v) is 11.0. The third-order valence-electron chi connectivity index (χ3n) is 3.38. The Hall–Kier alpha value is -2.52. The Balaban J connectivity index is 0.000000720. The number of ether oxygens (including phenoxy) is 2. The lowest BCUT2D eigenvalue weighted by Gasteiger charge is -2.14. The molecule has 15 heteroatoms. The van der Waals surface area contributed by atoms with Gasteiger partial charge in [0.15, 0.2) is 5.92 Å². The van der Waals surface area contributed by atoms with Gasteiger partial charge < -0.3 is 9.47 Å². The number of carbonyl (C=O) groups excluding carboxylic acids is 2. The van der Waals surface area contributed by atoms with Crippen molar-refractivity contribution < 1.29 is 28.9 Å². The molecule has 0 aliphatic rings. The standard InChI is InChI=1S/C12H13BrN2O6.C5H2Br2N2O2.CH4/c1-3-20-11(16)9(12(17)21-4-2)10-8(13)5-7(6-14-10)15(18)19;6-4-1-3(9(10)11)2-8-5(4)7;/h5-6,9H,3-4H2,1-2H3;1-2H;1H4. The molecule has 0 aromatic carbocycles. The van der Waals surface area contributed by atoms with Crippen molar-refractivity contribution in [2.45, 2.75) is 27.2 Å². The number of carbonyl (C=O) groups is 2. The van der Waals surface area contributed by atoms with E-state index >= 15 is 0 Å². The summed E-state index contributed by atoms with van der Waals surface area (Å²) in [7, 11) is 0. The lowest BCUT2D eigenvalue weighted by Crippen LogP contribution is -2.27. The average molecular weight is 659 g/mol. The molecule has 180 valence electrons. The van der Waals surface area contributed by atoms with Crippen LogP contribution >= 0.6 is 47.8 Å². The van der Waals surface area contributed by atoms with Crippen molar-refractivity contribution in [3.8, 4) is 0 Å². The quantitative estimate of drug-likeness (QED) is 0.128. The molecule has 0 radical (unpaired) electrons. The SMILES string of the molecule is C.CCOC(=O)C(C(=O)OCC)c1ncc([N+](=O)[O-])cc1Br.O=[N+]([O-])c1cnc(Br)c(Br)c1. The Labute approximate surface area is 213 Å². The highest BCUT2D eigenvalue weighted by Gasteiger charge is 2.35. The van der Waals surface area contributed by atoms with Gasteiger partial charge in [-0.15, -0.1) is 0 Å². The maximum Gasteiger partial charge on any atom is 0.326 e. The largest absolute Gasteiger partial charge is 0.465 e. The summed E-state index contributed by atoms with van der Waals surface area (Å²) >= 11 is 9.27. The minimum atomic E-state index is -1.39. The summed E-state index contributed by atoms with van der Waals surface area (Å²) in [5, 5.41) is 20.9. The van der Waals surface area contributed by atoms with Crippen molar-refractivity contribution in [3.63, 3.8) is 0 Å². The highest BCUT2D eigenvalue weighted by Crippen LogP contribution is 2.28. The van der Waals surface area contributed by atoms with Crippen LogP contribution < -0.4 is 0 Å². The van der Waals surface area contributed by atoms with Gasteiger partial charge >= 0.3 is 11.9 Å². The van der Waals surface area contributed by atoms with E-state index in [1.165, 1.54) is 12.3 Å². The minimum Gasteiger partial charge on any atom is -0.465 e. The molecular weight excluding hydrogens is 640 g/mol. The summed E-state index contributed by atoms with van der Waals surface area (Å²) in [6.07, 6.45) is 2.15. The normalized spacial score (nSPS) is 9.76. The van der Waals surface area contributed by atoms with Crippen molar-refractivity contribution >= 4 is 71.1 Å². The van der Waals surface area contributed by atoms with Crippen LogP contribution in [0, 0.1) is 20.2 Å². The minimum absolute atomic E-state index is 0. The van der Waals surface area contributed by atoms with Crippen LogP contribution in [0.3, 0.4) is 0 Å². The van der Waals surface area contributed by atoms with Gasteiger partial charge in [-0.05, 0) is 61.6 Å². The average Bonchev–Trinajstić information content (AvgIpc) is 2.72. The molecule has 0 unspecified atom stereocenters. The van der Waals surface area contributed by atoms with Gasteiger partial charge in [-0.2, -0.15) is 0 Å². The van der Waals surface area contributed by atoms with Gasteiger partial charge in [0.25, 0.3) is 11.4 Å². The zero-order valence-corrected chi connectivity index (χ0v) is 21.2. The predicted molar refractivity (Wildman–Crippen MR) is 128 cm³/mol. The van der Waals surface area contributed by atoms with Crippen molar-refractivity contribution in [2.24, 2.45) is 0 Å². The van der Waals surface area contributed by atoms with E-state index in [4.69, 9.17) is 9.47 Å². The van der Waals surface area contributed by atoms with Crippen LogP contribution in [0.1, 0.15) is 32.9 Å². The maximum absolute atomic E-state index is 11.9. The molecule has 0 saturated heterocycles. The number of pyridine rings is 2. The van der Waals surface area contributed by atoms with Gasteiger partial charge in [-0.25, -0.2) is 4.98 Å². The molecule has 2 aromatic rings. The van der Waals surface area contributed by atoms with E-state index in [9.17, 15) is 29.8 Å². The van der Waals surface area contributed by atoms with Gasteiger partial charge in [-0.3, -0.25) is 34.8 Å². The van der Waals surface area contributed by atoms with E-state index in [-0.39, 0.29) is 42.2 Å². The topological polar surface area (TPSA) is 165 Å². The van der Waals surface area contributed by atoms with E-state index in [2.05, 4.69) is 57.8 Å². The third kappa shape index (κ3) is 9.09. The van der Waals surface area contributed by atoms with Crippen LogP contribution in [-0.2, 0) is 19.1 Å². The fourth-order valence-electron chi connectivity index (χ4n) is 2.03. The summed E-state index contributed by atoms with van der Waals surface area (Å²) in [6, 6.07) is 2.55. The molecule has 2 aromatic heterocycles. The number of nitrogens with zero attached hydrogens (tertiary/aromatic N) is 4. The zero-order valence-electron chi connectivity index (χ0n) is 16.5. The highest BCUT2D eigenvalue weighted by molar-refractivity contribution is 9.13. The van der Waals surface area contributed by atoms with E-state index in [0.29, 0.717) is 9.08 Å². The van der Waals surface area contributed by atoms with Gasteiger partial charge in [0.2, 0.25) is 0 Å². The fourth-order valence-corrected chi connectivity index (χ4v) is 3.15. The molecule has 0 atom stereocenters. The number of hydrogen-bond donors (Lipinski definition) is 0. The van der Waals surface area contributed by atoms with E-state index in [0.717, 1.165) is 12.3 Å². The molecule has 2 heterocycles. The molecule has 0 fully saturated rings. The van der Waals surface area contributed by atoms with Gasteiger partial charge in [-0.1, -0.05) is 7.43 Å². The molecule has 33 heavy (non-hydrogen) atoms. The second kappa shape index (κ2) is 14.6. The second-order valence-corrected chi connectivity index (χ2v) is 7.94. The summed E-state index contributed by atoms with van der Waals surface area (Å²) in [5.74, 6) is -3.03. The predicted octanol–water partition coefficient (Wildman–Crippen LogP) is 5.11. The summed E-state index contributed by atoms with van der Waals surface area (Å²) in [4.78, 5) is 51.1. The summed E-state index contributed by atoms with van der Waals surface area (Å²) < 4.78 is 10.9. The number of hydrogen-bond acceptors (Lipinski definition) is 10. The fraction of sp³-hybridized carbons (Fsp3) is 0.333. The highest BCUT2D eigenvalue weighted by atomic mass is 79.9. The first-order valence-electron chi connectivity index (χ1n) is 8.61.